The summed E-state index contributed by atoms with van der Waals surface area (Å²) in [6, 6.07) is 0. The summed E-state index contributed by atoms with van der Waals surface area (Å²) < 4.78 is 1.51. The van der Waals surface area contributed by atoms with Gasteiger partial charge in [0, 0.05) is 20.1 Å². The van der Waals surface area contributed by atoms with Gasteiger partial charge in [0.15, 0.2) is 0 Å². The molecule has 0 aromatic carbocycles. The highest BCUT2D eigenvalue weighted by atomic mass is 16.3. The zero-order valence-electron chi connectivity index (χ0n) is 11.1. The number of piperidine rings is 1. The normalized spacial score (nSPS) is 24.3. The Morgan fingerprint density at radius 1 is 1.56 bits per heavy atom. The summed E-state index contributed by atoms with van der Waals surface area (Å²) in [7, 11) is 1.71. The zero-order valence-corrected chi connectivity index (χ0v) is 11.1. The van der Waals surface area contributed by atoms with Gasteiger partial charge in [-0.1, -0.05) is 6.92 Å². The first-order chi connectivity index (χ1) is 8.41. The number of aryl methyl sites for hydroxylation is 2. The molecule has 0 aliphatic carbocycles. The van der Waals surface area contributed by atoms with Crippen LogP contribution in [0.25, 0.3) is 0 Å². The molecule has 6 nitrogen and oxygen atoms in total. The predicted molar refractivity (Wildman–Crippen MR) is 68.0 cm³/mol. The largest absolute Gasteiger partial charge is 0.395 e. The molecule has 6 heteroatoms. The average molecular weight is 252 g/mol. The van der Waals surface area contributed by atoms with E-state index < -0.39 is 6.10 Å². The lowest BCUT2D eigenvalue weighted by molar-refractivity contribution is 0.0243. The van der Waals surface area contributed by atoms with E-state index in [1.165, 1.54) is 4.68 Å². The molecule has 2 unspecified atom stereocenters. The minimum Gasteiger partial charge on any atom is -0.395 e. The van der Waals surface area contributed by atoms with Crippen LogP contribution in [-0.4, -0.2) is 44.9 Å². The predicted octanol–water partition coefficient (Wildman–Crippen LogP) is 0.154. The quantitative estimate of drug-likeness (QED) is 0.745. The lowest BCUT2D eigenvalue weighted by Crippen LogP contribution is -2.46. The molecule has 2 rings (SSSR count). The van der Waals surface area contributed by atoms with Crippen molar-refractivity contribution in [2.24, 2.45) is 13.0 Å². The highest BCUT2D eigenvalue weighted by molar-refractivity contribution is 5.98. The van der Waals surface area contributed by atoms with Gasteiger partial charge in [0.2, 0.25) is 0 Å². The number of nitrogen functional groups attached to an aromatic ring is 1. The third-order valence-electron chi connectivity index (χ3n) is 3.68. The van der Waals surface area contributed by atoms with Gasteiger partial charge >= 0.3 is 0 Å². The monoisotopic (exact) mass is 252 g/mol. The maximum absolute atomic E-state index is 12.4. The number of nitrogens with two attached hydrogens (primary N) is 1. The minimum absolute atomic E-state index is 0.151. The fourth-order valence-electron chi connectivity index (χ4n) is 2.31. The van der Waals surface area contributed by atoms with Crippen molar-refractivity contribution >= 4 is 11.6 Å². The standard InChI is InChI=1S/C12H20N4O2/c1-7-4-5-16(6-9(7)17)12(18)11-10(13)8(2)14-15(11)3/h7,9,17H,4-6,13H2,1-3H3. The van der Waals surface area contributed by atoms with Crippen molar-refractivity contribution < 1.29 is 9.90 Å². The second-order valence-corrected chi connectivity index (χ2v) is 5.06. The van der Waals surface area contributed by atoms with E-state index in [0.29, 0.717) is 30.2 Å². The summed E-state index contributed by atoms with van der Waals surface area (Å²) in [4.78, 5) is 14.0. The van der Waals surface area contributed by atoms with Crippen molar-refractivity contribution in [2.75, 3.05) is 18.8 Å². The molecular weight excluding hydrogens is 232 g/mol. The van der Waals surface area contributed by atoms with E-state index in [-0.39, 0.29) is 11.8 Å². The van der Waals surface area contributed by atoms with E-state index in [1.807, 2.05) is 6.92 Å². The van der Waals surface area contributed by atoms with Gasteiger partial charge in [0.25, 0.3) is 5.91 Å². The Kier molecular flexibility index (Phi) is 3.30. The first kappa shape index (κ1) is 12.9. The Labute approximate surface area is 106 Å². The van der Waals surface area contributed by atoms with Crippen LogP contribution in [0.3, 0.4) is 0 Å². The lowest BCUT2D eigenvalue weighted by Gasteiger charge is -2.34. The second kappa shape index (κ2) is 4.61. The summed E-state index contributed by atoms with van der Waals surface area (Å²) in [5.41, 5.74) is 7.38. The van der Waals surface area contributed by atoms with Crippen LogP contribution in [0.15, 0.2) is 0 Å². The van der Waals surface area contributed by atoms with Crippen molar-refractivity contribution in [3.63, 3.8) is 0 Å². The molecule has 2 heterocycles. The third-order valence-corrected chi connectivity index (χ3v) is 3.68. The van der Waals surface area contributed by atoms with Gasteiger partial charge in [0.05, 0.1) is 17.5 Å². The highest BCUT2D eigenvalue weighted by Gasteiger charge is 2.30. The van der Waals surface area contributed by atoms with Crippen LogP contribution >= 0.6 is 0 Å². The topological polar surface area (TPSA) is 84.4 Å². The molecule has 1 saturated heterocycles. The Morgan fingerprint density at radius 2 is 2.22 bits per heavy atom. The molecule has 0 radical (unpaired) electrons. The molecule has 1 aliphatic heterocycles. The Morgan fingerprint density at radius 3 is 2.72 bits per heavy atom. The van der Waals surface area contributed by atoms with Crippen LogP contribution in [0.5, 0.6) is 0 Å². The van der Waals surface area contributed by atoms with E-state index in [4.69, 9.17) is 5.73 Å². The van der Waals surface area contributed by atoms with Crippen LogP contribution in [0.4, 0.5) is 5.69 Å². The van der Waals surface area contributed by atoms with Crippen molar-refractivity contribution in [3.05, 3.63) is 11.4 Å². The molecule has 0 saturated carbocycles. The van der Waals surface area contributed by atoms with Crippen molar-refractivity contribution in [1.29, 1.82) is 0 Å². The summed E-state index contributed by atoms with van der Waals surface area (Å²) in [5, 5.41) is 14.0. The number of hydrogen-bond donors (Lipinski definition) is 2. The average Bonchev–Trinajstić information content (AvgIpc) is 2.56. The number of rotatable bonds is 1. The number of aliphatic hydroxyl groups excluding tert-OH is 1. The van der Waals surface area contributed by atoms with Gasteiger partial charge in [-0.3, -0.25) is 9.48 Å². The summed E-state index contributed by atoms with van der Waals surface area (Å²) in [6.45, 7) is 4.79. The molecule has 100 valence electrons. The van der Waals surface area contributed by atoms with Gasteiger partial charge in [0.1, 0.15) is 5.69 Å². The summed E-state index contributed by atoms with van der Waals surface area (Å²) >= 11 is 0. The van der Waals surface area contributed by atoms with Crippen LogP contribution in [0.1, 0.15) is 29.5 Å². The summed E-state index contributed by atoms with van der Waals surface area (Å²) in [5.74, 6) is 0.0845. The number of hydrogen-bond acceptors (Lipinski definition) is 4. The van der Waals surface area contributed by atoms with Gasteiger partial charge < -0.3 is 15.7 Å². The smallest absolute Gasteiger partial charge is 0.274 e. The fraction of sp³-hybridized carbons (Fsp3) is 0.667. The molecule has 3 N–H and O–H groups in total. The lowest BCUT2D eigenvalue weighted by atomic mass is 9.96. The van der Waals surface area contributed by atoms with Crippen LogP contribution in [-0.2, 0) is 7.05 Å². The molecule has 0 bridgehead atoms. The van der Waals surface area contributed by atoms with E-state index >= 15 is 0 Å². The van der Waals surface area contributed by atoms with Gasteiger partial charge in [-0.2, -0.15) is 5.10 Å². The Hall–Kier alpha value is -1.56. The number of β-amino-alcohol motifs (C(OH)–C–C–N with tert-alkyl or cyclic N) is 1. The first-order valence-electron chi connectivity index (χ1n) is 6.18. The molecule has 1 amide bonds. The van der Waals surface area contributed by atoms with Crippen molar-refractivity contribution in [3.8, 4) is 0 Å². The highest BCUT2D eigenvalue weighted by Crippen LogP contribution is 2.22. The molecule has 2 atom stereocenters. The van der Waals surface area contributed by atoms with E-state index in [2.05, 4.69) is 5.10 Å². The minimum atomic E-state index is -0.460. The molecular formula is C12H20N4O2. The number of carbonyl (C=O) groups is 1. The molecule has 1 fully saturated rings. The SMILES string of the molecule is Cc1nn(C)c(C(=O)N2CCC(C)C(O)C2)c1N. The zero-order chi connectivity index (χ0) is 13.4. The van der Waals surface area contributed by atoms with Crippen LogP contribution in [0, 0.1) is 12.8 Å². The van der Waals surface area contributed by atoms with E-state index in [9.17, 15) is 9.90 Å². The Balaban J connectivity index is 2.21. The van der Waals surface area contributed by atoms with Gasteiger partial charge in [-0.15, -0.1) is 0 Å². The van der Waals surface area contributed by atoms with Crippen LogP contribution < -0.4 is 5.73 Å². The third kappa shape index (κ3) is 2.08. The number of amides is 1. The number of aromatic nitrogens is 2. The van der Waals surface area contributed by atoms with Gasteiger partial charge in [-0.25, -0.2) is 0 Å². The first-order valence-corrected chi connectivity index (χ1v) is 6.18. The maximum atomic E-state index is 12.4. The second-order valence-electron chi connectivity index (χ2n) is 5.06. The molecule has 1 aliphatic rings. The maximum Gasteiger partial charge on any atom is 0.274 e. The summed E-state index contributed by atoms with van der Waals surface area (Å²) in [6.07, 6.45) is 0.349. The van der Waals surface area contributed by atoms with Gasteiger partial charge in [-0.05, 0) is 19.3 Å². The number of carbonyl (C=O) groups excluding carboxylic acids is 1. The van der Waals surface area contributed by atoms with Crippen LogP contribution in [0.2, 0.25) is 0 Å². The Bertz CT molecular complexity index is 469. The number of anilines is 1. The van der Waals surface area contributed by atoms with Crippen molar-refractivity contribution in [2.45, 2.75) is 26.4 Å². The molecule has 1 aromatic heterocycles. The fourth-order valence-corrected chi connectivity index (χ4v) is 2.31. The molecule has 0 spiro atoms. The molecule has 1 aromatic rings. The molecule has 18 heavy (non-hydrogen) atoms. The van der Waals surface area contributed by atoms with Crippen molar-refractivity contribution in [1.82, 2.24) is 14.7 Å². The van der Waals surface area contributed by atoms with E-state index in [1.54, 1.807) is 18.9 Å². The van der Waals surface area contributed by atoms with E-state index in [0.717, 1.165) is 6.42 Å². The number of likely N-dealkylation sites (tertiary alicyclic amines) is 1. The number of nitrogens with zero attached hydrogens (tertiary/aromatic N) is 3. The number of aliphatic hydroxyl groups is 1.